The number of carbonyl (C=O) groups is 1. The molecule has 0 aliphatic carbocycles. The van der Waals surface area contributed by atoms with E-state index in [9.17, 15) is 9.90 Å². The van der Waals surface area contributed by atoms with Crippen molar-refractivity contribution < 1.29 is 14.6 Å². The molecule has 0 spiro atoms. The number of carbonyl (C=O) groups excluding carboxylic acids is 1. The van der Waals surface area contributed by atoms with Gasteiger partial charge in [-0.05, 0) is 19.3 Å². The lowest BCUT2D eigenvalue weighted by Crippen LogP contribution is -2.24. The van der Waals surface area contributed by atoms with Crippen LogP contribution in [0.25, 0.3) is 0 Å². The summed E-state index contributed by atoms with van der Waals surface area (Å²) >= 11 is 0. The lowest BCUT2D eigenvalue weighted by Gasteiger charge is -2.17. The van der Waals surface area contributed by atoms with Crippen LogP contribution in [-0.4, -0.2) is 23.3 Å². The molecule has 0 saturated heterocycles. The molecule has 0 saturated carbocycles. The first-order chi connectivity index (χ1) is 6.51. The minimum Gasteiger partial charge on any atom is -0.463 e. The molecular formula is C11H22O3. The zero-order valence-electron chi connectivity index (χ0n) is 9.62. The van der Waals surface area contributed by atoms with Crippen molar-refractivity contribution in [3.05, 3.63) is 0 Å². The average Bonchev–Trinajstić information content (AvgIpc) is 2.15. The second-order valence-electron chi connectivity index (χ2n) is 3.87. The fraction of sp³-hybridized carbons (Fsp3) is 0.909. The van der Waals surface area contributed by atoms with E-state index in [1.165, 1.54) is 0 Å². The Morgan fingerprint density at radius 2 is 1.86 bits per heavy atom. The second-order valence-corrected chi connectivity index (χ2v) is 3.87. The van der Waals surface area contributed by atoms with Crippen LogP contribution in [0.5, 0.6) is 0 Å². The van der Waals surface area contributed by atoms with Crippen LogP contribution in [0.1, 0.15) is 47.0 Å². The number of esters is 1. The molecule has 0 fully saturated rings. The molecule has 3 unspecified atom stereocenters. The highest BCUT2D eigenvalue weighted by atomic mass is 16.5. The van der Waals surface area contributed by atoms with Gasteiger partial charge in [0.25, 0.3) is 0 Å². The number of rotatable bonds is 6. The van der Waals surface area contributed by atoms with Crippen LogP contribution in [0.15, 0.2) is 0 Å². The number of aliphatic hydroxyl groups is 1. The normalized spacial score (nSPS) is 17.2. The largest absolute Gasteiger partial charge is 0.463 e. The van der Waals surface area contributed by atoms with Gasteiger partial charge in [0.1, 0.15) is 0 Å². The van der Waals surface area contributed by atoms with Crippen molar-refractivity contribution >= 4 is 5.97 Å². The van der Waals surface area contributed by atoms with Crippen LogP contribution in [0, 0.1) is 5.92 Å². The van der Waals surface area contributed by atoms with E-state index in [0.29, 0.717) is 0 Å². The van der Waals surface area contributed by atoms with Crippen molar-refractivity contribution in [1.29, 1.82) is 0 Å². The maximum atomic E-state index is 11.3. The molecule has 3 atom stereocenters. The Hall–Kier alpha value is -0.570. The minimum absolute atomic E-state index is 0.0494. The molecule has 0 heterocycles. The number of ether oxygens (including phenoxy) is 1. The number of aliphatic hydroxyl groups excluding tert-OH is 1. The fourth-order valence-electron chi connectivity index (χ4n) is 1.000. The highest BCUT2D eigenvalue weighted by Gasteiger charge is 2.18. The zero-order valence-corrected chi connectivity index (χ0v) is 9.62. The molecule has 1 N–H and O–H groups in total. The van der Waals surface area contributed by atoms with Crippen LogP contribution < -0.4 is 0 Å². The first-order valence-electron chi connectivity index (χ1n) is 5.38. The van der Waals surface area contributed by atoms with Gasteiger partial charge in [0.2, 0.25) is 0 Å². The maximum Gasteiger partial charge on any atom is 0.308 e. The molecule has 3 heteroatoms. The zero-order chi connectivity index (χ0) is 11.1. The summed E-state index contributed by atoms with van der Waals surface area (Å²) in [7, 11) is 0. The Morgan fingerprint density at radius 3 is 2.29 bits per heavy atom. The van der Waals surface area contributed by atoms with E-state index in [0.717, 1.165) is 12.8 Å². The van der Waals surface area contributed by atoms with Gasteiger partial charge in [0, 0.05) is 0 Å². The SMILES string of the molecule is CCC(C)OC(=O)CC(O)C(C)CC. The van der Waals surface area contributed by atoms with Crippen molar-refractivity contribution in [3.63, 3.8) is 0 Å². The predicted molar refractivity (Wildman–Crippen MR) is 55.9 cm³/mol. The predicted octanol–water partition coefficient (Wildman–Crippen LogP) is 2.13. The number of hydrogen-bond donors (Lipinski definition) is 1. The topological polar surface area (TPSA) is 46.5 Å². The van der Waals surface area contributed by atoms with Gasteiger partial charge >= 0.3 is 5.97 Å². The lowest BCUT2D eigenvalue weighted by atomic mass is 9.99. The summed E-state index contributed by atoms with van der Waals surface area (Å²) in [6.45, 7) is 7.74. The third kappa shape index (κ3) is 5.22. The lowest BCUT2D eigenvalue weighted by molar-refractivity contribution is -0.151. The highest BCUT2D eigenvalue weighted by Crippen LogP contribution is 2.12. The Kier molecular flexibility index (Phi) is 6.54. The molecule has 0 aromatic rings. The van der Waals surface area contributed by atoms with E-state index in [1.54, 1.807) is 0 Å². The molecular weight excluding hydrogens is 180 g/mol. The van der Waals surface area contributed by atoms with Crippen molar-refractivity contribution in [1.82, 2.24) is 0 Å². The molecule has 14 heavy (non-hydrogen) atoms. The summed E-state index contributed by atoms with van der Waals surface area (Å²) in [4.78, 5) is 11.3. The summed E-state index contributed by atoms with van der Waals surface area (Å²) in [5, 5.41) is 9.57. The molecule has 0 rings (SSSR count). The van der Waals surface area contributed by atoms with Crippen LogP contribution in [0.4, 0.5) is 0 Å². The monoisotopic (exact) mass is 202 g/mol. The molecule has 0 radical (unpaired) electrons. The molecule has 0 aliphatic rings. The molecule has 84 valence electrons. The third-order valence-electron chi connectivity index (χ3n) is 2.58. The van der Waals surface area contributed by atoms with Gasteiger partial charge < -0.3 is 9.84 Å². The van der Waals surface area contributed by atoms with Crippen LogP contribution in [-0.2, 0) is 9.53 Å². The summed E-state index contributed by atoms with van der Waals surface area (Å²) in [6, 6.07) is 0. The Balaban J connectivity index is 3.82. The Bertz CT molecular complexity index is 168. The quantitative estimate of drug-likeness (QED) is 0.671. The summed E-state index contributed by atoms with van der Waals surface area (Å²) < 4.78 is 5.07. The maximum absolute atomic E-state index is 11.3. The van der Waals surface area contributed by atoms with E-state index >= 15 is 0 Å². The van der Waals surface area contributed by atoms with Gasteiger partial charge in [-0.1, -0.05) is 27.2 Å². The van der Waals surface area contributed by atoms with E-state index < -0.39 is 6.10 Å². The van der Waals surface area contributed by atoms with Gasteiger partial charge in [0.15, 0.2) is 0 Å². The second kappa shape index (κ2) is 6.82. The van der Waals surface area contributed by atoms with Gasteiger partial charge in [-0.25, -0.2) is 0 Å². The van der Waals surface area contributed by atoms with Gasteiger partial charge in [-0.2, -0.15) is 0 Å². The van der Waals surface area contributed by atoms with Crippen molar-refractivity contribution in [2.75, 3.05) is 0 Å². The summed E-state index contributed by atoms with van der Waals surface area (Å²) in [5.41, 5.74) is 0. The smallest absolute Gasteiger partial charge is 0.308 e. The van der Waals surface area contributed by atoms with Crippen LogP contribution >= 0.6 is 0 Å². The Labute approximate surface area is 86.5 Å². The summed E-state index contributed by atoms with van der Waals surface area (Å²) in [5.74, 6) is -0.147. The fourth-order valence-corrected chi connectivity index (χ4v) is 1.000. The first-order valence-corrected chi connectivity index (χ1v) is 5.38. The Morgan fingerprint density at radius 1 is 1.29 bits per heavy atom. The van der Waals surface area contributed by atoms with Crippen LogP contribution in [0.2, 0.25) is 0 Å². The highest BCUT2D eigenvalue weighted by molar-refractivity contribution is 5.70. The molecule has 0 aromatic carbocycles. The van der Waals surface area contributed by atoms with E-state index in [1.807, 2.05) is 27.7 Å². The first kappa shape index (κ1) is 13.4. The average molecular weight is 202 g/mol. The number of hydrogen-bond acceptors (Lipinski definition) is 3. The minimum atomic E-state index is -0.573. The van der Waals surface area contributed by atoms with E-state index in [4.69, 9.17) is 4.74 Å². The molecule has 3 nitrogen and oxygen atoms in total. The van der Waals surface area contributed by atoms with Gasteiger partial charge in [-0.3, -0.25) is 4.79 Å². The van der Waals surface area contributed by atoms with E-state index in [-0.39, 0.29) is 24.4 Å². The molecule has 0 amide bonds. The van der Waals surface area contributed by atoms with Crippen molar-refractivity contribution in [3.8, 4) is 0 Å². The third-order valence-corrected chi connectivity index (χ3v) is 2.58. The van der Waals surface area contributed by atoms with Crippen LogP contribution in [0.3, 0.4) is 0 Å². The van der Waals surface area contributed by atoms with Gasteiger partial charge in [-0.15, -0.1) is 0 Å². The van der Waals surface area contributed by atoms with Crippen molar-refractivity contribution in [2.24, 2.45) is 5.92 Å². The molecule has 0 aliphatic heterocycles. The molecule has 0 bridgehead atoms. The summed E-state index contributed by atoms with van der Waals surface area (Å²) in [6.07, 6.45) is 1.17. The van der Waals surface area contributed by atoms with Crippen molar-refractivity contribution in [2.45, 2.75) is 59.2 Å². The van der Waals surface area contributed by atoms with Gasteiger partial charge in [0.05, 0.1) is 18.6 Å². The molecule has 0 aromatic heterocycles. The van der Waals surface area contributed by atoms with E-state index in [2.05, 4.69) is 0 Å². The standard InChI is InChI=1S/C11H22O3/c1-5-8(3)10(12)7-11(13)14-9(4)6-2/h8-10,12H,5-7H2,1-4H3.